The molecule has 0 fully saturated rings. The van der Waals surface area contributed by atoms with Crippen molar-refractivity contribution in [2.45, 2.75) is 0 Å². The van der Waals surface area contributed by atoms with Gasteiger partial charge in [0, 0.05) is 10.0 Å². The number of rotatable bonds is 1. The molecule has 0 aliphatic heterocycles. The second-order valence-corrected chi connectivity index (χ2v) is 4.37. The summed E-state index contributed by atoms with van der Waals surface area (Å²) >= 11 is 3.50. The molecular weight excluding hydrogens is 282 g/mol. The van der Waals surface area contributed by atoms with Gasteiger partial charge in [-0.15, -0.1) is 0 Å². The summed E-state index contributed by atoms with van der Waals surface area (Å²) in [4.78, 5) is 15.5. The maximum Gasteiger partial charge on any atom is 0.222 e. The van der Waals surface area contributed by atoms with Gasteiger partial charge in [0.15, 0.2) is 5.65 Å². The van der Waals surface area contributed by atoms with Crippen molar-refractivity contribution in [3.8, 4) is 11.3 Å². The SMILES string of the molecule is Nc1nc(-c2ccccc2Br)c2[nH]cnc2n1. The minimum absolute atomic E-state index is 0.218. The minimum Gasteiger partial charge on any atom is -0.368 e. The highest BCUT2D eigenvalue weighted by atomic mass is 79.9. The van der Waals surface area contributed by atoms with Crippen molar-refractivity contribution in [3.05, 3.63) is 35.1 Å². The minimum atomic E-state index is 0.218. The van der Waals surface area contributed by atoms with Gasteiger partial charge in [0.1, 0.15) is 11.2 Å². The molecule has 0 atom stereocenters. The number of aromatic nitrogens is 4. The number of nitrogens with zero attached hydrogens (tertiary/aromatic N) is 3. The van der Waals surface area contributed by atoms with Crippen LogP contribution in [-0.4, -0.2) is 19.9 Å². The number of halogens is 1. The third kappa shape index (κ3) is 1.66. The Balaban J connectivity index is 2.37. The van der Waals surface area contributed by atoms with E-state index in [-0.39, 0.29) is 5.95 Å². The highest BCUT2D eigenvalue weighted by Gasteiger charge is 2.12. The van der Waals surface area contributed by atoms with Crippen LogP contribution in [0.15, 0.2) is 35.1 Å². The fourth-order valence-electron chi connectivity index (χ4n) is 1.70. The number of nitrogens with one attached hydrogen (secondary N) is 1. The number of anilines is 1. The Labute approximate surface area is 105 Å². The Hall–Kier alpha value is -1.95. The average Bonchev–Trinajstić information content (AvgIpc) is 2.76. The van der Waals surface area contributed by atoms with E-state index >= 15 is 0 Å². The normalized spacial score (nSPS) is 10.9. The molecule has 0 amide bonds. The zero-order valence-corrected chi connectivity index (χ0v) is 10.3. The molecule has 0 saturated heterocycles. The molecule has 0 aliphatic carbocycles. The second kappa shape index (κ2) is 3.81. The summed E-state index contributed by atoms with van der Waals surface area (Å²) in [5, 5.41) is 0. The number of H-pyrrole nitrogens is 1. The summed E-state index contributed by atoms with van der Waals surface area (Å²) in [7, 11) is 0. The molecule has 0 unspecified atom stereocenters. The first-order valence-electron chi connectivity index (χ1n) is 4.97. The Bertz CT molecular complexity index is 691. The molecule has 17 heavy (non-hydrogen) atoms. The number of benzene rings is 1. The van der Waals surface area contributed by atoms with Crippen molar-refractivity contribution >= 4 is 33.0 Å². The Kier molecular flexibility index (Phi) is 2.29. The largest absolute Gasteiger partial charge is 0.368 e. The van der Waals surface area contributed by atoms with Gasteiger partial charge in [0.05, 0.1) is 6.33 Å². The van der Waals surface area contributed by atoms with Gasteiger partial charge in [-0.3, -0.25) is 0 Å². The van der Waals surface area contributed by atoms with Crippen LogP contribution in [0.1, 0.15) is 0 Å². The van der Waals surface area contributed by atoms with E-state index in [1.165, 1.54) is 0 Å². The van der Waals surface area contributed by atoms with Gasteiger partial charge < -0.3 is 10.7 Å². The first-order valence-corrected chi connectivity index (χ1v) is 5.76. The van der Waals surface area contributed by atoms with Crippen LogP contribution in [0, 0.1) is 0 Å². The highest BCUT2D eigenvalue weighted by molar-refractivity contribution is 9.10. The predicted octanol–water partition coefficient (Wildman–Crippen LogP) is 2.36. The van der Waals surface area contributed by atoms with Gasteiger partial charge in [0.2, 0.25) is 5.95 Å². The second-order valence-electron chi connectivity index (χ2n) is 3.51. The molecule has 3 rings (SSSR count). The summed E-state index contributed by atoms with van der Waals surface area (Å²) in [6, 6.07) is 7.81. The van der Waals surface area contributed by atoms with E-state index in [0.29, 0.717) is 5.65 Å². The van der Waals surface area contributed by atoms with Crippen LogP contribution in [0.25, 0.3) is 22.4 Å². The molecule has 84 valence electrons. The summed E-state index contributed by atoms with van der Waals surface area (Å²) in [5.41, 5.74) is 8.74. The molecular formula is C11H8BrN5. The molecule has 3 N–H and O–H groups in total. The number of nitrogens with two attached hydrogens (primary N) is 1. The number of aromatic amines is 1. The lowest BCUT2D eigenvalue weighted by atomic mass is 10.1. The zero-order valence-electron chi connectivity index (χ0n) is 8.68. The van der Waals surface area contributed by atoms with E-state index in [0.717, 1.165) is 21.2 Å². The smallest absolute Gasteiger partial charge is 0.222 e. The third-order valence-electron chi connectivity index (χ3n) is 2.43. The van der Waals surface area contributed by atoms with Gasteiger partial charge in [-0.1, -0.05) is 34.1 Å². The first kappa shape index (κ1) is 10.2. The molecule has 2 aromatic heterocycles. The van der Waals surface area contributed by atoms with Gasteiger partial charge in [-0.25, -0.2) is 9.97 Å². The van der Waals surface area contributed by atoms with Gasteiger partial charge in [-0.05, 0) is 6.07 Å². The fourth-order valence-corrected chi connectivity index (χ4v) is 2.17. The van der Waals surface area contributed by atoms with E-state index in [9.17, 15) is 0 Å². The van der Waals surface area contributed by atoms with Crippen molar-refractivity contribution in [1.29, 1.82) is 0 Å². The van der Waals surface area contributed by atoms with Crippen LogP contribution in [0.3, 0.4) is 0 Å². The van der Waals surface area contributed by atoms with Crippen LogP contribution in [-0.2, 0) is 0 Å². The van der Waals surface area contributed by atoms with Gasteiger partial charge in [0.25, 0.3) is 0 Å². The lowest BCUT2D eigenvalue weighted by Crippen LogP contribution is -1.98. The molecule has 0 radical (unpaired) electrons. The lowest BCUT2D eigenvalue weighted by Gasteiger charge is -2.05. The standard InChI is InChI=1S/C11H8BrN5/c12-7-4-2-1-3-6(7)8-9-10(15-5-14-9)17-11(13)16-8/h1-5H,(H3,13,14,15,16,17). The lowest BCUT2D eigenvalue weighted by molar-refractivity contribution is 1.22. The monoisotopic (exact) mass is 289 g/mol. The van der Waals surface area contributed by atoms with E-state index in [4.69, 9.17) is 5.73 Å². The summed E-state index contributed by atoms with van der Waals surface area (Å²) in [5.74, 6) is 0.218. The molecule has 0 aliphatic rings. The number of hydrogen-bond acceptors (Lipinski definition) is 4. The quantitative estimate of drug-likeness (QED) is 0.721. The molecule has 0 bridgehead atoms. The van der Waals surface area contributed by atoms with Gasteiger partial charge in [-0.2, -0.15) is 4.98 Å². The van der Waals surface area contributed by atoms with Crippen LogP contribution in [0.4, 0.5) is 5.95 Å². The van der Waals surface area contributed by atoms with Crippen LogP contribution < -0.4 is 5.73 Å². The van der Waals surface area contributed by atoms with Crippen molar-refractivity contribution < 1.29 is 0 Å². The van der Waals surface area contributed by atoms with E-state index in [1.807, 2.05) is 24.3 Å². The average molecular weight is 290 g/mol. The van der Waals surface area contributed by atoms with Gasteiger partial charge >= 0.3 is 0 Å². The summed E-state index contributed by atoms with van der Waals surface area (Å²) < 4.78 is 0.953. The van der Waals surface area contributed by atoms with Crippen molar-refractivity contribution in [2.24, 2.45) is 0 Å². The molecule has 0 spiro atoms. The van der Waals surface area contributed by atoms with Crippen LogP contribution >= 0.6 is 15.9 Å². The maximum absolute atomic E-state index is 5.68. The predicted molar refractivity (Wildman–Crippen MR) is 69.2 cm³/mol. The number of fused-ring (bicyclic) bond motifs is 1. The first-order chi connectivity index (χ1) is 8.25. The number of nitrogen functional groups attached to an aromatic ring is 1. The van der Waals surface area contributed by atoms with Crippen molar-refractivity contribution in [2.75, 3.05) is 5.73 Å². The maximum atomic E-state index is 5.68. The van der Waals surface area contributed by atoms with E-state index < -0.39 is 0 Å². The zero-order chi connectivity index (χ0) is 11.8. The molecule has 0 saturated carbocycles. The Morgan fingerprint density at radius 3 is 2.82 bits per heavy atom. The fraction of sp³-hybridized carbons (Fsp3) is 0. The summed E-state index contributed by atoms with van der Waals surface area (Å²) in [6.07, 6.45) is 1.58. The van der Waals surface area contributed by atoms with Crippen LogP contribution in [0.2, 0.25) is 0 Å². The third-order valence-corrected chi connectivity index (χ3v) is 3.12. The number of hydrogen-bond donors (Lipinski definition) is 2. The number of imidazole rings is 1. The highest BCUT2D eigenvalue weighted by Crippen LogP contribution is 2.30. The van der Waals surface area contributed by atoms with Crippen molar-refractivity contribution in [3.63, 3.8) is 0 Å². The van der Waals surface area contributed by atoms with E-state index in [2.05, 4.69) is 35.9 Å². The van der Waals surface area contributed by atoms with Crippen molar-refractivity contribution in [1.82, 2.24) is 19.9 Å². The Morgan fingerprint density at radius 2 is 2.00 bits per heavy atom. The molecule has 6 heteroatoms. The molecule has 3 aromatic rings. The van der Waals surface area contributed by atoms with Crippen LogP contribution in [0.5, 0.6) is 0 Å². The Morgan fingerprint density at radius 1 is 1.18 bits per heavy atom. The topological polar surface area (TPSA) is 80.5 Å². The summed E-state index contributed by atoms with van der Waals surface area (Å²) in [6.45, 7) is 0. The van der Waals surface area contributed by atoms with E-state index in [1.54, 1.807) is 6.33 Å². The molecule has 2 heterocycles. The molecule has 5 nitrogen and oxygen atoms in total. The molecule has 1 aromatic carbocycles.